The van der Waals surface area contributed by atoms with Gasteiger partial charge in [0.2, 0.25) is 11.9 Å². The third kappa shape index (κ3) is 6.46. The molecule has 8 heteroatoms. The summed E-state index contributed by atoms with van der Waals surface area (Å²) in [5.41, 5.74) is 5.09. The van der Waals surface area contributed by atoms with Crippen molar-refractivity contribution >= 4 is 23.4 Å². The lowest BCUT2D eigenvalue weighted by atomic mass is 9.95. The molecule has 206 valence electrons. The minimum absolute atomic E-state index is 0.0552. The maximum absolute atomic E-state index is 13.7. The minimum Gasteiger partial charge on any atom is -0.369 e. The van der Waals surface area contributed by atoms with Crippen LogP contribution in [-0.4, -0.2) is 36.0 Å². The van der Waals surface area contributed by atoms with Gasteiger partial charge >= 0.3 is 0 Å². The molecule has 0 bridgehead atoms. The molecule has 40 heavy (non-hydrogen) atoms. The molecule has 7 nitrogen and oxygen atoms in total. The Labute approximate surface area is 234 Å². The van der Waals surface area contributed by atoms with Gasteiger partial charge in [-0.1, -0.05) is 48.5 Å². The van der Waals surface area contributed by atoms with Gasteiger partial charge in [0.05, 0.1) is 5.41 Å². The molecule has 1 aliphatic carbocycles. The molecule has 1 amide bonds. The van der Waals surface area contributed by atoms with Gasteiger partial charge in [-0.15, -0.1) is 0 Å². The van der Waals surface area contributed by atoms with E-state index in [9.17, 15) is 9.18 Å². The lowest BCUT2D eigenvalue weighted by Gasteiger charge is -2.16. The van der Waals surface area contributed by atoms with Crippen LogP contribution >= 0.6 is 0 Å². The van der Waals surface area contributed by atoms with E-state index in [1.54, 1.807) is 6.07 Å². The molecule has 0 spiro atoms. The van der Waals surface area contributed by atoms with Crippen molar-refractivity contribution in [1.82, 2.24) is 20.6 Å². The van der Waals surface area contributed by atoms with E-state index in [-0.39, 0.29) is 11.7 Å². The molecule has 1 aliphatic rings. The van der Waals surface area contributed by atoms with Crippen molar-refractivity contribution in [3.8, 4) is 11.1 Å². The van der Waals surface area contributed by atoms with Crippen LogP contribution in [0.25, 0.3) is 11.1 Å². The average molecular weight is 539 g/mol. The molecule has 1 heterocycles. The number of benzene rings is 3. The number of nitrogens with one attached hydrogen (secondary N) is 4. The zero-order chi connectivity index (χ0) is 28.0. The van der Waals surface area contributed by atoms with Crippen molar-refractivity contribution in [2.24, 2.45) is 0 Å². The number of halogens is 1. The highest BCUT2D eigenvalue weighted by atomic mass is 19.1. The summed E-state index contributed by atoms with van der Waals surface area (Å²) in [4.78, 5) is 22.4. The second-order valence-electron chi connectivity index (χ2n) is 10.3. The summed E-state index contributed by atoms with van der Waals surface area (Å²) in [6.45, 7) is 4.13. The molecular weight excluding hydrogens is 503 g/mol. The van der Waals surface area contributed by atoms with Gasteiger partial charge in [0.1, 0.15) is 11.6 Å². The first kappa shape index (κ1) is 27.3. The fraction of sp³-hybridized carbons (Fsp3) is 0.281. The van der Waals surface area contributed by atoms with Crippen LogP contribution in [0, 0.1) is 12.7 Å². The molecule has 0 saturated heterocycles. The summed E-state index contributed by atoms with van der Waals surface area (Å²) in [6, 6.07) is 22.5. The zero-order valence-corrected chi connectivity index (χ0v) is 22.9. The fourth-order valence-electron chi connectivity index (χ4n) is 4.82. The van der Waals surface area contributed by atoms with Gasteiger partial charge in [-0.3, -0.25) is 4.79 Å². The molecule has 0 radical (unpaired) electrons. The Morgan fingerprint density at radius 1 is 1.00 bits per heavy atom. The van der Waals surface area contributed by atoms with Gasteiger partial charge in [0, 0.05) is 30.5 Å². The normalized spacial score (nSPS) is 13.5. The van der Waals surface area contributed by atoms with Crippen molar-refractivity contribution in [2.75, 3.05) is 30.8 Å². The van der Waals surface area contributed by atoms with Gasteiger partial charge < -0.3 is 21.3 Å². The van der Waals surface area contributed by atoms with E-state index in [4.69, 9.17) is 4.98 Å². The highest BCUT2D eigenvalue weighted by molar-refractivity contribution is 5.91. The Kier molecular flexibility index (Phi) is 8.36. The van der Waals surface area contributed by atoms with E-state index in [1.165, 1.54) is 12.1 Å². The van der Waals surface area contributed by atoms with Crippen molar-refractivity contribution in [2.45, 2.75) is 38.1 Å². The van der Waals surface area contributed by atoms with Crippen LogP contribution in [-0.2, 0) is 16.8 Å². The zero-order valence-electron chi connectivity index (χ0n) is 22.9. The van der Waals surface area contributed by atoms with Gasteiger partial charge in [0.15, 0.2) is 0 Å². The van der Waals surface area contributed by atoms with Gasteiger partial charge in [0.25, 0.3) is 0 Å². The monoisotopic (exact) mass is 538 g/mol. The molecule has 5 rings (SSSR count). The number of anilines is 3. The maximum atomic E-state index is 13.7. The van der Waals surface area contributed by atoms with E-state index in [0.717, 1.165) is 71.7 Å². The first-order valence-corrected chi connectivity index (χ1v) is 13.7. The second-order valence-corrected chi connectivity index (χ2v) is 10.3. The predicted octanol–water partition coefficient (Wildman–Crippen LogP) is 5.70. The lowest BCUT2D eigenvalue weighted by molar-refractivity contribution is -0.123. The van der Waals surface area contributed by atoms with E-state index in [1.807, 2.05) is 68.7 Å². The topological polar surface area (TPSA) is 91.0 Å². The Morgan fingerprint density at radius 2 is 1.80 bits per heavy atom. The van der Waals surface area contributed by atoms with Crippen LogP contribution in [0.1, 0.15) is 36.0 Å². The number of carbonyl (C=O) groups is 1. The second kappa shape index (κ2) is 12.3. The highest BCUT2D eigenvalue weighted by Gasteiger charge is 2.51. The summed E-state index contributed by atoms with van der Waals surface area (Å²) in [5.74, 6) is 0.913. The van der Waals surface area contributed by atoms with Gasteiger partial charge in [-0.25, -0.2) is 9.37 Å². The van der Waals surface area contributed by atoms with E-state index < -0.39 is 5.41 Å². The SMILES string of the molecule is CNCCCNc1nc(Nc2cccc(C)c2)ncc1-c1ccc(CNC(=O)C2(c3cccc(F)c3)CC2)cc1. The first-order valence-electron chi connectivity index (χ1n) is 13.7. The summed E-state index contributed by atoms with van der Waals surface area (Å²) < 4.78 is 13.7. The number of nitrogens with zero attached hydrogens (tertiary/aromatic N) is 2. The van der Waals surface area contributed by atoms with Crippen LogP contribution < -0.4 is 21.3 Å². The van der Waals surface area contributed by atoms with Gasteiger partial charge in [-0.05, 0) is 86.3 Å². The number of rotatable bonds is 12. The van der Waals surface area contributed by atoms with Crippen LogP contribution in [0.2, 0.25) is 0 Å². The number of amides is 1. The molecule has 1 fully saturated rings. The molecule has 0 unspecified atom stereocenters. The predicted molar refractivity (Wildman–Crippen MR) is 158 cm³/mol. The van der Waals surface area contributed by atoms with Gasteiger partial charge in [-0.2, -0.15) is 4.98 Å². The fourth-order valence-corrected chi connectivity index (χ4v) is 4.82. The summed E-state index contributed by atoms with van der Waals surface area (Å²) in [5, 5.41) is 13.0. The van der Waals surface area contributed by atoms with Crippen LogP contribution in [0.3, 0.4) is 0 Å². The number of aromatic nitrogens is 2. The van der Waals surface area contributed by atoms with E-state index in [0.29, 0.717) is 12.5 Å². The third-order valence-electron chi connectivity index (χ3n) is 7.24. The first-order chi connectivity index (χ1) is 19.5. The van der Waals surface area contributed by atoms with Crippen molar-refractivity contribution in [3.63, 3.8) is 0 Å². The number of aryl methyl sites for hydroxylation is 1. The van der Waals surface area contributed by atoms with Crippen molar-refractivity contribution in [3.05, 3.63) is 102 Å². The molecule has 3 aromatic carbocycles. The molecule has 0 aliphatic heterocycles. The number of hydrogen-bond donors (Lipinski definition) is 4. The molecule has 4 aromatic rings. The van der Waals surface area contributed by atoms with Crippen LogP contribution in [0.5, 0.6) is 0 Å². The Bertz CT molecular complexity index is 1470. The molecular formula is C32H35FN6O. The summed E-state index contributed by atoms with van der Waals surface area (Å²) >= 11 is 0. The summed E-state index contributed by atoms with van der Waals surface area (Å²) in [7, 11) is 1.94. The third-order valence-corrected chi connectivity index (χ3v) is 7.24. The number of carbonyl (C=O) groups excluding carboxylic acids is 1. The van der Waals surface area contributed by atoms with Crippen LogP contribution in [0.15, 0.2) is 79.0 Å². The largest absolute Gasteiger partial charge is 0.369 e. The number of hydrogen-bond acceptors (Lipinski definition) is 6. The lowest BCUT2D eigenvalue weighted by Crippen LogP contribution is -2.34. The standard InChI is InChI=1S/C32H35FN6O/c1-22-6-3-9-27(18-22)38-31-37-21-28(29(39-31)35-17-5-16-34-2)24-12-10-23(11-13-24)20-36-30(40)32(14-15-32)25-7-4-8-26(33)19-25/h3-4,6-13,18-19,21,34H,5,14-17,20H2,1-2H3,(H,36,40)(H2,35,37,38,39). The van der Waals surface area contributed by atoms with Crippen molar-refractivity contribution < 1.29 is 9.18 Å². The maximum Gasteiger partial charge on any atom is 0.230 e. The molecule has 1 saturated carbocycles. The van der Waals surface area contributed by atoms with Crippen molar-refractivity contribution in [1.29, 1.82) is 0 Å². The average Bonchev–Trinajstić information content (AvgIpc) is 3.77. The van der Waals surface area contributed by atoms with E-state index in [2.05, 4.69) is 32.3 Å². The summed E-state index contributed by atoms with van der Waals surface area (Å²) in [6.07, 6.45) is 4.26. The Hall–Kier alpha value is -4.30. The van der Waals surface area contributed by atoms with E-state index >= 15 is 0 Å². The smallest absolute Gasteiger partial charge is 0.230 e. The molecule has 1 aromatic heterocycles. The molecule has 4 N–H and O–H groups in total. The molecule has 0 atom stereocenters. The van der Waals surface area contributed by atoms with Crippen LogP contribution in [0.4, 0.5) is 21.8 Å². The quantitative estimate of drug-likeness (QED) is 0.173. The Balaban J connectivity index is 1.28. The Morgan fingerprint density at radius 3 is 2.52 bits per heavy atom. The minimum atomic E-state index is -0.610. The highest BCUT2D eigenvalue weighted by Crippen LogP contribution is 2.48.